The van der Waals surface area contributed by atoms with Crippen molar-refractivity contribution in [3.05, 3.63) is 95.1 Å². The summed E-state index contributed by atoms with van der Waals surface area (Å²) in [5.74, 6) is 2.10. The zero-order valence-electron chi connectivity index (χ0n) is 24.5. The number of nitrogens with one attached hydrogen (secondary N) is 1. The van der Waals surface area contributed by atoms with Crippen LogP contribution in [0.15, 0.2) is 72.8 Å². The summed E-state index contributed by atoms with van der Waals surface area (Å²) in [6.07, 6.45) is 5.20. The van der Waals surface area contributed by atoms with Gasteiger partial charge in [0.05, 0.1) is 6.61 Å². The molecule has 0 spiro atoms. The minimum atomic E-state index is -0.000490. The first kappa shape index (κ1) is 28.7. The van der Waals surface area contributed by atoms with Gasteiger partial charge < -0.3 is 15.0 Å². The molecule has 208 valence electrons. The number of rotatable bonds is 10. The SMILES string of the molecule is CCCOc1ccc(CN(C(=O)Nc2c(C(C)C)cccc2C(C)C)[C@H]2CC[C@H](c3ccccc3)CC2)cc1. The number of urea groups is 1. The van der Waals surface area contributed by atoms with Crippen LogP contribution in [0.1, 0.15) is 107 Å². The van der Waals surface area contributed by atoms with Crippen molar-refractivity contribution >= 4 is 11.7 Å². The van der Waals surface area contributed by atoms with E-state index in [-0.39, 0.29) is 12.1 Å². The zero-order valence-corrected chi connectivity index (χ0v) is 24.5. The number of para-hydroxylation sites is 1. The predicted octanol–water partition coefficient (Wildman–Crippen LogP) is 9.48. The Balaban J connectivity index is 1.57. The van der Waals surface area contributed by atoms with Gasteiger partial charge in [-0.3, -0.25) is 0 Å². The summed E-state index contributed by atoms with van der Waals surface area (Å²) in [4.78, 5) is 16.2. The fourth-order valence-electron chi connectivity index (χ4n) is 5.79. The van der Waals surface area contributed by atoms with E-state index in [0.29, 0.717) is 30.9 Å². The number of ether oxygens (including phenoxy) is 1. The van der Waals surface area contributed by atoms with Crippen LogP contribution < -0.4 is 10.1 Å². The van der Waals surface area contributed by atoms with Crippen molar-refractivity contribution in [2.24, 2.45) is 0 Å². The molecule has 0 bridgehead atoms. The third-order valence-electron chi connectivity index (χ3n) is 8.02. The highest BCUT2D eigenvalue weighted by atomic mass is 16.5. The summed E-state index contributed by atoms with van der Waals surface area (Å²) < 4.78 is 5.79. The van der Waals surface area contributed by atoms with Crippen molar-refractivity contribution in [2.45, 2.75) is 97.1 Å². The summed E-state index contributed by atoms with van der Waals surface area (Å²) >= 11 is 0. The predicted molar refractivity (Wildman–Crippen MR) is 163 cm³/mol. The summed E-state index contributed by atoms with van der Waals surface area (Å²) in [6.45, 7) is 12.2. The van der Waals surface area contributed by atoms with E-state index in [2.05, 4.69) is 105 Å². The molecule has 1 aliphatic rings. The van der Waals surface area contributed by atoms with Gasteiger partial charge >= 0.3 is 6.03 Å². The summed E-state index contributed by atoms with van der Waals surface area (Å²) in [7, 11) is 0. The molecule has 0 saturated heterocycles. The minimum Gasteiger partial charge on any atom is -0.494 e. The van der Waals surface area contributed by atoms with Gasteiger partial charge in [-0.05, 0) is 84.2 Å². The molecule has 1 N–H and O–H groups in total. The molecule has 3 aromatic carbocycles. The molecule has 1 aliphatic carbocycles. The van der Waals surface area contributed by atoms with E-state index < -0.39 is 0 Å². The van der Waals surface area contributed by atoms with Crippen LogP contribution in [-0.4, -0.2) is 23.6 Å². The summed E-state index contributed by atoms with van der Waals surface area (Å²) in [5.41, 5.74) is 5.92. The molecule has 3 aromatic rings. The normalized spacial score (nSPS) is 17.3. The molecule has 1 saturated carbocycles. The second kappa shape index (κ2) is 13.7. The molecular weight excluding hydrogens is 480 g/mol. The Morgan fingerprint density at radius 3 is 2.03 bits per heavy atom. The average molecular weight is 527 g/mol. The molecule has 0 unspecified atom stereocenters. The smallest absolute Gasteiger partial charge is 0.322 e. The lowest BCUT2D eigenvalue weighted by Crippen LogP contribution is -2.44. The van der Waals surface area contributed by atoms with Gasteiger partial charge in [0, 0.05) is 18.3 Å². The molecule has 0 aromatic heterocycles. The van der Waals surface area contributed by atoms with E-state index in [1.807, 2.05) is 12.1 Å². The van der Waals surface area contributed by atoms with E-state index in [0.717, 1.165) is 49.1 Å². The van der Waals surface area contributed by atoms with Crippen molar-refractivity contribution < 1.29 is 9.53 Å². The maximum Gasteiger partial charge on any atom is 0.322 e. The number of nitrogens with zero attached hydrogens (tertiary/aromatic N) is 1. The van der Waals surface area contributed by atoms with Crippen LogP contribution >= 0.6 is 0 Å². The lowest BCUT2D eigenvalue weighted by molar-refractivity contribution is 0.158. The van der Waals surface area contributed by atoms with Crippen molar-refractivity contribution in [1.29, 1.82) is 0 Å². The van der Waals surface area contributed by atoms with Gasteiger partial charge in [-0.25, -0.2) is 4.79 Å². The molecular formula is C35H46N2O2. The summed E-state index contributed by atoms with van der Waals surface area (Å²) in [5, 5.41) is 3.40. The monoisotopic (exact) mass is 526 g/mol. The molecule has 0 radical (unpaired) electrons. The fraction of sp³-hybridized carbons (Fsp3) is 0.457. The zero-order chi connectivity index (χ0) is 27.8. The van der Waals surface area contributed by atoms with Crippen molar-refractivity contribution in [1.82, 2.24) is 4.90 Å². The lowest BCUT2D eigenvalue weighted by atomic mass is 9.81. The molecule has 1 fully saturated rings. The van der Waals surface area contributed by atoms with Crippen LogP contribution in [0.25, 0.3) is 0 Å². The van der Waals surface area contributed by atoms with Gasteiger partial charge in [0.25, 0.3) is 0 Å². The highest BCUT2D eigenvalue weighted by molar-refractivity contribution is 5.91. The molecule has 4 nitrogen and oxygen atoms in total. The number of carbonyl (C=O) groups excluding carboxylic acids is 1. The van der Waals surface area contributed by atoms with E-state index in [9.17, 15) is 4.79 Å². The Morgan fingerprint density at radius 2 is 1.46 bits per heavy atom. The van der Waals surface area contributed by atoms with Gasteiger partial charge in [0.15, 0.2) is 0 Å². The number of carbonyl (C=O) groups is 1. The van der Waals surface area contributed by atoms with Crippen LogP contribution in [0.5, 0.6) is 5.75 Å². The largest absolute Gasteiger partial charge is 0.494 e. The highest BCUT2D eigenvalue weighted by Gasteiger charge is 2.30. The van der Waals surface area contributed by atoms with E-state index in [1.165, 1.54) is 16.7 Å². The number of hydrogen-bond donors (Lipinski definition) is 1. The Kier molecular flexibility index (Phi) is 10.1. The first-order valence-electron chi connectivity index (χ1n) is 14.8. The number of amides is 2. The number of anilines is 1. The molecule has 2 amide bonds. The topological polar surface area (TPSA) is 41.6 Å². The first-order valence-corrected chi connectivity index (χ1v) is 14.8. The van der Waals surface area contributed by atoms with Crippen LogP contribution in [0, 0.1) is 0 Å². The molecule has 4 heteroatoms. The van der Waals surface area contributed by atoms with E-state index in [1.54, 1.807) is 0 Å². The van der Waals surface area contributed by atoms with E-state index >= 15 is 0 Å². The van der Waals surface area contributed by atoms with Crippen LogP contribution in [0.2, 0.25) is 0 Å². The highest BCUT2D eigenvalue weighted by Crippen LogP contribution is 2.37. The Morgan fingerprint density at radius 1 is 0.846 bits per heavy atom. The number of hydrogen-bond acceptors (Lipinski definition) is 2. The standard InChI is InChI=1S/C35H46N2O2/c1-6-23-39-31-21-15-27(16-22-31)24-37(30-19-17-29(18-20-30)28-11-8-7-9-12-28)35(38)36-34-32(25(2)3)13-10-14-33(34)26(4)5/h7-16,21-22,25-26,29-30H,6,17-20,23-24H2,1-5H3,(H,36,38)/t29-,30-. The Hall–Kier alpha value is -3.27. The van der Waals surface area contributed by atoms with Crippen LogP contribution in [0.3, 0.4) is 0 Å². The fourth-order valence-corrected chi connectivity index (χ4v) is 5.79. The van der Waals surface area contributed by atoms with Gasteiger partial charge in [-0.15, -0.1) is 0 Å². The summed E-state index contributed by atoms with van der Waals surface area (Å²) in [6, 6.07) is 25.7. The van der Waals surface area contributed by atoms with Crippen LogP contribution in [-0.2, 0) is 6.54 Å². The molecule has 0 heterocycles. The van der Waals surface area contributed by atoms with Crippen molar-refractivity contribution in [3.63, 3.8) is 0 Å². The maximum absolute atomic E-state index is 14.1. The Labute approximate surface area is 235 Å². The van der Waals surface area contributed by atoms with Gasteiger partial charge in [0.1, 0.15) is 5.75 Å². The van der Waals surface area contributed by atoms with Gasteiger partial charge in [0.2, 0.25) is 0 Å². The lowest BCUT2D eigenvalue weighted by Gasteiger charge is -2.37. The average Bonchev–Trinajstić information content (AvgIpc) is 2.95. The van der Waals surface area contributed by atoms with Gasteiger partial charge in [-0.2, -0.15) is 0 Å². The van der Waals surface area contributed by atoms with Gasteiger partial charge in [-0.1, -0.05) is 95.3 Å². The van der Waals surface area contributed by atoms with Crippen molar-refractivity contribution in [2.75, 3.05) is 11.9 Å². The molecule has 39 heavy (non-hydrogen) atoms. The second-order valence-electron chi connectivity index (χ2n) is 11.6. The first-order chi connectivity index (χ1) is 18.9. The number of benzene rings is 3. The van der Waals surface area contributed by atoms with Crippen molar-refractivity contribution in [3.8, 4) is 5.75 Å². The third kappa shape index (κ3) is 7.44. The second-order valence-corrected chi connectivity index (χ2v) is 11.6. The molecule has 0 aliphatic heterocycles. The Bertz CT molecular complexity index is 1150. The molecule has 0 atom stereocenters. The minimum absolute atomic E-state index is 0.000490. The van der Waals surface area contributed by atoms with E-state index in [4.69, 9.17) is 4.74 Å². The molecule has 4 rings (SSSR count). The maximum atomic E-state index is 14.1. The third-order valence-corrected chi connectivity index (χ3v) is 8.02. The quantitative estimate of drug-likeness (QED) is 0.286. The van der Waals surface area contributed by atoms with Crippen LogP contribution in [0.4, 0.5) is 10.5 Å².